The maximum absolute atomic E-state index is 13.6. The lowest BCUT2D eigenvalue weighted by Gasteiger charge is -2.41. The van der Waals surface area contributed by atoms with Gasteiger partial charge in [0, 0.05) is 32.1 Å². The Morgan fingerprint density at radius 3 is 2.42 bits per heavy atom. The average molecular weight is 544 g/mol. The van der Waals surface area contributed by atoms with Gasteiger partial charge < -0.3 is 25.4 Å². The number of hydrogen-bond acceptors (Lipinski definition) is 5. The van der Waals surface area contributed by atoms with Crippen LogP contribution in [-0.4, -0.2) is 66.2 Å². The molecule has 4 rings (SSSR count). The Labute approximate surface area is 232 Å². The third-order valence-corrected chi connectivity index (χ3v) is 7.78. The molecule has 0 bridgehead atoms. The van der Waals surface area contributed by atoms with Gasteiger partial charge in [-0.15, -0.1) is 12.4 Å². The minimum absolute atomic E-state index is 0. The summed E-state index contributed by atoms with van der Waals surface area (Å²) in [7, 11) is 0. The molecule has 7 nitrogen and oxygen atoms in total. The number of likely N-dealkylation sites (tertiary alicyclic amines) is 1. The van der Waals surface area contributed by atoms with E-state index in [2.05, 4.69) is 34.9 Å². The topological polar surface area (TPSA) is 90.9 Å². The number of halogens is 1. The van der Waals surface area contributed by atoms with Crippen LogP contribution in [0.3, 0.4) is 0 Å². The van der Waals surface area contributed by atoms with Gasteiger partial charge in [0.15, 0.2) is 0 Å². The summed E-state index contributed by atoms with van der Waals surface area (Å²) in [5.41, 5.74) is 4.09. The van der Waals surface area contributed by atoms with Crippen molar-refractivity contribution in [3.63, 3.8) is 0 Å². The highest BCUT2D eigenvalue weighted by molar-refractivity contribution is 5.88. The van der Waals surface area contributed by atoms with Crippen LogP contribution in [0, 0.1) is 0 Å². The smallest absolute Gasteiger partial charge is 0.247 e. The first-order chi connectivity index (χ1) is 17.9. The molecule has 1 aliphatic heterocycles. The molecule has 8 heteroatoms. The van der Waals surface area contributed by atoms with Crippen LogP contribution in [0.5, 0.6) is 0 Å². The first-order valence-corrected chi connectivity index (χ1v) is 13.6. The number of amides is 2. The molecule has 0 radical (unpaired) electrons. The van der Waals surface area contributed by atoms with E-state index in [0.29, 0.717) is 26.2 Å². The molecule has 1 unspecified atom stereocenters. The molecule has 0 saturated carbocycles. The fourth-order valence-corrected chi connectivity index (χ4v) is 5.68. The lowest BCUT2D eigenvalue weighted by molar-refractivity contribution is -0.140. The number of ether oxygens (including phenoxy) is 1. The summed E-state index contributed by atoms with van der Waals surface area (Å²) in [5, 5.41) is 15.6. The van der Waals surface area contributed by atoms with E-state index in [9.17, 15) is 14.7 Å². The van der Waals surface area contributed by atoms with Crippen LogP contribution in [-0.2, 0) is 32.8 Å². The fourth-order valence-electron chi connectivity index (χ4n) is 5.68. The van der Waals surface area contributed by atoms with Gasteiger partial charge in [-0.3, -0.25) is 9.59 Å². The molecular formula is C30H42ClN3O4. The summed E-state index contributed by atoms with van der Waals surface area (Å²) in [6.45, 7) is 5.89. The zero-order chi connectivity index (χ0) is 26.3. The van der Waals surface area contributed by atoms with E-state index in [1.54, 1.807) is 6.92 Å². The van der Waals surface area contributed by atoms with Gasteiger partial charge in [-0.05, 0) is 61.6 Å². The number of fused-ring (bicyclic) bond motifs is 2. The third kappa shape index (κ3) is 7.79. The van der Waals surface area contributed by atoms with E-state index >= 15 is 0 Å². The van der Waals surface area contributed by atoms with Crippen molar-refractivity contribution < 1.29 is 19.4 Å². The second kappa shape index (κ2) is 14.1. The van der Waals surface area contributed by atoms with Crippen LogP contribution in [0.15, 0.2) is 54.6 Å². The summed E-state index contributed by atoms with van der Waals surface area (Å²) in [4.78, 5) is 28.3. The van der Waals surface area contributed by atoms with Gasteiger partial charge in [0.1, 0.15) is 6.04 Å². The Morgan fingerprint density at radius 1 is 1.03 bits per heavy atom. The summed E-state index contributed by atoms with van der Waals surface area (Å²) >= 11 is 0. The van der Waals surface area contributed by atoms with E-state index in [0.717, 1.165) is 31.2 Å². The minimum Gasteiger partial charge on any atom is -0.392 e. The molecule has 0 aromatic heterocycles. The largest absolute Gasteiger partial charge is 0.392 e. The number of piperidine rings is 1. The van der Waals surface area contributed by atoms with Crippen LogP contribution in [0.4, 0.5) is 0 Å². The number of benzene rings is 2. The summed E-state index contributed by atoms with van der Waals surface area (Å²) in [5.74, 6) is -0.280. The van der Waals surface area contributed by atoms with Gasteiger partial charge in [-0.1, -0.05) is 54.6 Å². The van der Waals surface area contributed by atoms with Crippen molar-refractivity contribution in [2.75, 3.05) is 26.2 Å². The second-order valence-electron chi connectivity index (χ2n) is 10.7. The SMILES string of the molecule is CC(CC(=O)N[C@H](COCc1ccccc1)C(=O)N1CCC2(CCc3ccccc32)CC1)NC[C@@H](C)O.Cl. The molecular weight excluding hydrogens is 502 g/mol. The molecule has 2 aliphatic rings. The molecule has 3 atom stereocenters. The first-order valence-electron chi connectivity index (χ1n) is 13.6. The number of carbonyl (C=O) groups is 2. The van der Waals surface area contributed by atoms with Gasteiger partial charge in [-0.25, -0.2) is 0 Å². The Kier molecular flexibility index (Phi) is 11.2. The van der Waals surface area contributed by atoms with E-state index in [1.165, 1.54) is 11.1 Å². The van der Waals surface area contributed by atoms with Gasteiger partial charge in [-0.2, -0.15) is 0 Å². The van der Waals surface area contributed by atoms with Crippen LogP contribution < -0.4 is 10.6 Å². The van der Waals surface area contributed by atoms with Crippen LogP contribution in [0.1, 0.15) is 56.2 Å². The zero-order valence-electron chi connectivity index (χ0n) is 22.5. The lowest BCUT2D eigenvalue weighted by atomic mass is 9.74. The monoisotopic (exact) mass is 543 g/mol. The van der Waals surface area contributed by atoms with Gasteiger partial charge >= 0.3 is 0 Å². The van der Waals surface area contributed by atoms with E-state index in [4.69, 9.17) is 4.74 Å². The predicted octanol–water partition coefficient (Wildman–Crippen LogP) is 3.37. The van der Waals surface area contributed by atoms with Crippen molar-refractivity contribution in [3.8, 4) is 0 Å². The van der Waals surface area contributed by atoms with Crippen molar-refractivity contribution in [1.29, 1.82) is 0 Å². The number of hydrogen-bond donors (Lipinski definition) is 3. The maximum Gasteiger partial charge on any atom is 0.247 e. The van der Waals surface area contributed by atoms with Crippen molar-refractivity contribution in [1.82, 2.24) is 15.5 Å². The van der Waals surface area contributed by atoms with E-state index in [1.807, 2.05) is 42.2 Å². The number of aryl methyl sites for hydroxylation is 1. The van der Waals surface area contributed by atoms with E-state index < -0.39 is 12.1 Å². The maximum atomic E-state index is 13.6. The van der Waals surface area contributed by atoms with Crippen LogP contribution >= 0.6 is 12.4 Å². The Bertz CT molecular complexity index is 1040. The van der Waals surface area contributed by atoms with Gasteiger partial charge in [0.25, 0.3) is 0 Å². The highest BCUT2D eigenvalue weighted by Crippen LogP contribution is 2.46. The second-order valence-corrected chi connectivity index (χ2v) is 10.7. The Morgan fingerprint density at radius 2 is 1.71 bits per heavy atom. The number of rotatable bonds is 11. The average Bonchev–Trinajstić information content (AvgIpc) is 3.25. The molecule has 1 fully saturated rings. The molecule has 208 valence electrons. The first kappa shape index (κ1) is 30.1. The predicted molar refractivity (Wildman–Crippen MR) is 151 cm³/mol. The molecule has 3 N–H and O–H groups in total. The zero-order valence-corrected chi connectivity index (χ0v) is 23.3. The minimum atomic E-state index is -0.731. The van der Waals surface area contributed by atoms with Crippen LogP contribution in [0.25, 0.3) is 0 Å². The summed E-state index contributed by atoms with van der Waals surface area (Å²) in [6.07, 6.45) is 3.88. The molecule has 1 saturated heterocycles. The molecule has 2 aromatic rings. The number of aliphatic hydroxyl groups excluding tert-OH is 1. The number of nitrogens with zero attached hydrogens (tertiary/aromatic N) is 1. The van der Waals surface area contributed by atoms with Crippen molar-refractivity contribution >= 4 is 24.2 Å². The summed E-state index contributed by atoms with van der Waals surface area (Å²) in [6, 6.07) is 17.7. The fraction of sp³-hybridized carbons (Fsp3) is 0.533. The van der Waals surface area contributed by atoms with Crippen molar-refractivity contribution in [3.05, 3.63) is 71.3 Å². The number of aliphatic hydroxyl groups is 1. The molecule has 1 heterocycles. The highest BCUT2D eigenvalue weighted by Gasteiger charge is 2.42. The van der Waals surface area contributed by atoms with Gasteiger partial charge in [0.05, 0.1) is 19.3 Å². The van der Waals surface area contributed by atoms with E-state index in [-0.39, 0.29) is 48.7 Å². The highest BCUT2D eigenvalue weighted by atomic mass is 35.5. The van der Waals surface area contributed by atoms with Gasteiger partial charge in [0.2, 0.25) is 11.8 Å². The molecule has 38 heavy (non-hydrogen) atoms. The number of carbonyl (C=O) groups excluding carboxylic acids is 2. The van der Waals surface area contributed by atoms with Crippen molar-refractivity contribution in [2.45, 2.75) is 76.2 Å². The quantitative estimate of drug-likeness (QED) is 0.404. The van der Waals surface area contributed by atoms with Crippen molar-refractivity contribution in [2.24, 2.45) is 0 Å². The normalized spacial score (nSPS) is 18.2. The summed E-state index contributed by atoms with van der Waals surface area (Å²) < 4.78 is 5.91. The Balaban J connectivity index is 0.00000400. The van der Waals surface area contributed by atoms with Crippen LogP contribution in [0.2, 0.25) is 0 Å². The molecule has 1 aliphatic carbocycles. The Hall–Kier alpha value is -2.45. The third-order valence-electron chi connectivity index (χ3n) is 7.78. The molecule has 1 spiro atoms. The molecule has 2 aromatic carbocycles. The standard InChI is InChI=1S/C30H41N3O4.ClH/c1-22(31-19-23(2)34)18-28(35)32-27(21-37-20-24-8-4-3-5-9-24)29(36)33-16-14-30(15-17-33)13-12-25-10-6-7-11-26(25)30;/h3-11,22-23,27,31,34H,12-21H2,1-2H3,(H,32,35);1H/t22?,23-,27-;/m1./s1. The number of nitrogens with one attached hydrogen (secondary N) is 2. The molecule has 2 amide bonds. The lowest BCUT2D eigenvalue weighted by Crippen LogP contribution is -2.54.